The number of rotatable bonds is 0. The monoisotopic (exact) mass is 894 g/mol. The molecule has 0 aliphatic carbocycles. The van der Waals surface area contributed by atoms with Crippen LogP contribution in [0.4, 0.5) is 0 Å². The van der Waals surface area contributed by atoms with Crippen molar-refractivity contribution in [1.29, 1.82) is 31.6 Å². The SMILES string of the molecule is N#[C][Cr](=[O])(=[O])[O-].N#[C][Cr](=[O])(=[O])[O-].N#[C][Cr](=[O])(=[O])[O-].N#[C][Cr](=[O])(=[O])[O-].N#[C][Cr](=[O])(=[O])[O-].N#[C][Cr](=[O])(=[O])[O-].[Na+].[Na+].[Na+].[Na+].[Na+].[Na+]. The fourth-order valence-electron chi connectivity index (χ4n) is 0. The third kappa shape index (κ3) is 170. The first-order chi connectivity index (χ1) is 15.4. The molecule has 0 spiro atoms. The molecular formula is C6Cr6N6Na6O18. The number of nitrogens with zero attached hydrogens (tertiary/aromatic N) is 6. The van der Waals surface area contributed by atoms with Gasteiger partial charge in [-0.15, -0.1) is 0 Å². The summed E-state index contributed by atoms with van der Waals surface area (Å²) in [6.07, 6.45) is 0. The second kappa shape index (κ2) is 40.7. The van der Waals surface area contributed by atoms with E-state index in [2.05, 4.69) is 0 Å². The molecule has 0 aliphatic rings. The molecule has 0 aromatic heterocycles. The van der Waals surface area contributed by atoms with Crippen molar-refractivity contribution in [2.75, 3.05) is 0 Å². The van der Waals surface area contributed by atoms with Gasteiger partial charge in [-0.05, 0) is 0 Å². The first-order valence-electron chi connectivity index (χ1n) is 5.57. The largest absolute Gasteiger partial charge is 1.00 e. The summed E-state index contributed by atoms with van der Waals surface area (Å²) in [5.41, 5.74) is 0. The summed E-state index contributed by atoms with van der Waals surface area (Å²) in [6.45, 7) is 0. The van der Waals surface area contributed by atoms with Crippen LogP contribution in [0.1, 0.15) is 0 Å². The van der Waals surface area contributed by atoms with Crippen LogP contribution in [0.5, 0.6) is 0 Å². The maximum Gasteiger partial charge on any atom is 1.00 e. The van der Waals surface area contributed by atoms with Gasteiger partial charge in [-0.25, -0.2) is 0 Å². The smallest absolute Gasteiger partial charge is 1.00 e. The molecule has 0 fully saturated rings. The van der Waals surface area contributed by atoms with Gasteiger partial charge in [0.25, 0.3) is 0 Å². The van der Waals surface area contributed by atoms with E-state index in [0.29, 0.717) is 29.6 Å². The molecule has 0 heterocycles. The van der Waals surface area contributed by atoms with Crippen LogP contribution in [0.2, 0.25) is 0 Å². The molecule has 0 atom stereocenters. The van der Waals surface area contributed by atoms with E-state index in [1.807, 2.05) is 0 Å². The molecule has 24 nitrogen and oxygen atoms in total. The molecule has 0 aromatic carbocycles. The van der Waals surface area contributed by atoms with Gasteiger partial charge >= 0.3 is 389 Å². The number of nitriles is 6. The molecule has 0 amide bonds. The Morgan fingerprint density at radius 3 is 0.286 bits per heavy atom. The summed E-state index contributed by atoms with van der Waals surface area (Å²) >= 11 is -31.3. The van der Waals surface area contributed by atoms with Crippen LogP contribution in [0.25, 0.3) is 0 Å². The van der Waals surface area contributed by atoms with Gasteiger partial charge in [0.15, 0.2) is 0 Å². The molecule has 0 unspecified atom stereocenters. The maximum absolute atomic E-state index is 9.16. The van der Waals surface area contributed by atoms with E-state index >= 15 is 0 Å². The zero-order chi connectivity index (χ0) is 31.2. The summed E-state index contributed by atoms with van der Waals surface area (Å²) in [7, 11) is 0. The van der Waals surface area contributed by atoms with Crippen LogP contribution in [0, 0.1) is 61.2 Å². The maximum atomic E-state index is 9.16. The van der Waals surface area contributed by atoms with E-state index in [1.165, 1.54) is 0 Å². The van der Waals surface area contributed by atoms with Crippen molar-refractivity contribution in [3.63, 3.8) is 0 Å². The molecule has 0 saturated heterocycles. The quantitative estimate of drug-likeness (QED) is 0.204. The van der Waals surface area contributed by atoms with Crippen LogP contribution in [0.15, 0.2) is 0 Å². The second-order valence-corrected chi connectivity index (χ2v) is 13.5. The van der Waals surface area contributed by atoms with E-state index in [9.17, 15) is 0 Å². The van der Waals surface area contributed by atoms with Gasteiger partial charge in [0.05, 0.1) is 0 Å². The zero-order valence-electron chi connectivity index (χ0n) is 21.5. The van der Waals surface area contributed by atoms with E-state index in [0.717, 1.165) is 0 Å². The first-order valence-corrected chi connectivity index (χ1v) is 18.8. The van der Waals surface area contributed by atoms with E-state index in [-0.39, 0.29) is 177 Å². The third-order valence-corrected chi connectivity index (χ3v) is 2.77. The average molecular weight is 894 g/mol. The van der Waals surface area contributed by atoms with Crippen molar-refractivity contribution in [1.82, 2.24) is 0 Å². The molecule has 0 aromatic rings. The summed E-state index contributed by atoms with van der Waals surface area (Å²) in [5, 5.41) is 43.7. The van der Waals surface area contributed by atoms with Gasteiger partial charge in [0.1, 0.15) is 0 Å². The van der Waals surface area contributed by atoms with Crippen LogP contribution in [0.3, 0.4) is 0 Å². The normalized spacial score (nSPS) is 8.57. The minimum Gasteiger partial charge on any atom is 1.00 e. The van der Waals surface area contributed by atoms with Gasteiger partial charge in [-0.1, -0.05) is 0 Å². The van der Waals surface area contributed by atoms with E-state index in [4.69, 9.17) is 102 Å². The summed E-state index contributed by atoms with van der Waals surface area (Å²) in [4.78, 5) is 3.56. The van der Waals surface area contributed by atoms with Crippen molar-refractivity contribution in [2.45, 2.75) is 0 Å². The Bertz CT molecular complexity index is 1310. The Kier molecular flexibility index (Phi) is 77.7. The van der Waals surface area contributed by atoms with Gasteiger partial charge in [0, 0.05) is 0 Å². The summed E-state index contributed by atoms with van der Waals surface area (Å²) < 4.78 is 165. The molecule has 0 bridgehead atoms. The molecule has 0 saturated carbocycles. The van der Waals surface area contributed by atoms with Crippen LogP contribution >= 0.6 is 0 Å². The summed E-state index contributed by atoms with van der Waals surface area (Å²) in [5.74, 6) is 0. The van der Waals surface area contributed by atoms with Crippen LogP contribution in [-0.2, 0) is 125 Å². The predicted octanol–water partition coefficient (Wildman–Crippen LogP) is -26.4. The van der Waals surface area contributed by atoms with Gasteiger partial charge in [-0.2, -0.15) is 0 Å². The van der Waals surface area contributed by atoms with E-state index < -0.39 is 79.7 Å². The van der Waals surface area contributed by atoms with Crippen molar-refractivity contribution < 1.29 is 328 Å². The molecule has 42 heavy (non-hydrogen) atoms. The Morgan fingerprint density at radius 2 is 0.286 bits per heavy atom. The Morgan fingerprint density at radius 1 is 0.262 bits per heavy atom. The van der Waals surface area contributed by atoms with Crippen LogP contribution in [-0.4, -0.2) is 0 Å². The zero-order valence-corrected chi connectivity index (χ0v) is 41.1. The number of hydrogen-bond donors (Lipinski definition) is 0. The minimum absolute atomic E-state index is 0. The molecule has 204 valence electrons. The fourth-order valence-corrected chi connectivity index (χ4v) is 0. The minimum atomic E-state index is -5.22. The van der Waals surface area contributed by atoms with Gasteiger partial charge in [-0.3, -0.25) is 0 Å². The predicted molar refractivity (Wildman–Crippen MR) is 41.9 cm³/mol. The molecule has 0 radical (unpaired) electrons. The molecule has 36 heteroatoms. The third-order valence-electron chi connectivity index (χ3n) is 0.671. The first kappa shape index (κ1) is 80.3. The summed E-state index contributed by atoms with van der Waals surface area (Å²) in [6, 6.07) is 0. The van der Waals surface area contributed by atoms with Gasteiger partial charge in [0.2, 0.25) is 0 Å². The van der Waals surface area contributed by atoms with Crippen molar-refractivity contribution >= 4 is 0 Å². The molecule has 0 rings (SSSR count). The Hall–Kier alpha value is 3.49. The molecule has 0 N–H and O–H groups in total. The Balaban J connectivity index is -0.0000000250. The topological polar surface area (TPSA) is 486 Å². The van der Waals surface area contributed by atoms with Crippen molar-refractivity contribution in [3.05, 3.63) is 0 Å². The standard InChI is InChI=1S/6CN.6Cr.6Na.18O/c6*1-2;;;;;;;;;;;;;;;;;;;;;;;;;;;;;;/q;;;;;;;;;;;;6*+1;;;;;;;;;;;;;6*-1. The second-order valence-electron chi connectivity index (χ2n) is 3.27. The van der Waals surface area contributed by atoms with Crippen molar-refractivity contribution in [3.8, 4) is 29.6 Å². The van der Waals surface area contributed by atoms with Gasteiger partial charge < -0.3 is 0 Å². The fraction of sp³-hybridized carbons (Fsp3) is 0. The van der Waals surface area contributed by atoms with E-state index in [1.54, 1.807) is 0 Å². The van der Waals surface area contributed by atoms with Crippen molar-refractivity contribution in [2.24, 2.45) is 0 Å². The molecular weight excluding hydrogens is 894 g/mol. The molecule has 0 aliphatic heterocycles. The Labute approximate surface area is 380 Å². The van der Waals surface area contributed by atoms with Crippen LogP contribution < -0.4 is 202 Å². The number of hydrogen-bond acceptors (Lipinski definition) is 24. The average Bonchev–Trinajstić information content (AvgIpc) is 2.67.